The van der Waals surface area contributed by atoms with Crippen molar-refractivity contribution in [3.63, 3.8) is 0 Å². The lowest BCUT2D eigenvalue weighted by Crippen LogP contribution is -2.09. The molecule has 2 heteroatoms. The molecule has 0 saturated heterocycles. The van der Waals surface area contributed by atoms with Crippen molar-refractivity contribution in [3.8, 4) is 0 Å². The van der Waals surface area contributed by atoms with Crippen LogP contribution in [0.25, 0.3) is 10.8 Å². The molecule has 0 saturated carbocycles. The van der Waals surface area contributed by atoms with Gasteiger partial charge in [-0.15, -0.1) is 0 Å². The maximum absolute atomic E-state index is 11.6. The predicted molar refractivity (Wildman–Crippen MR) is 71.6 cm³/mol. The van der Waals surface area contributed by atoms with Crippen molar-refractivity contribution in [2.75, 3.05) is 6.61 Å². The third kappa shape index (κ3) is 1.78. The van der Waals surface area contributed by atoms with Crippen LogP contribution in [-0.4, -0.2) is 12.6 Å². The van der Waals surface area contributed by atoms with Gasteiger partial charge in [0.25, 0.3) is 0 Å². The zero-order valence-corrected chi connectivity index (χ0v) is 10.5. The number of hydrogen-bond donors (Lipinski definition) is 0. The molecule has 0 aliphatic heterocycles. The maximum atomic E-state index is 11.6. The first kappa shape index (κ1) is 11.3. The Morgan fingerprint density at radius 1 is 1.28 bits per heavy atom. The molecule has 2 aromatic rings. The van der Waals surface area contributed by atoms with E-state index >= 15 is 0 Å². The molecule has 0 spiro atoms. The zero-order valence-electron chi connectivity index (χ0n) is 10.5. The van der Waals surface area contributed by atoms with Gasteiger partial charge in [0.2, 0.25) is 0 Å². The first-order chi connectivity index (χ1) is 8.79. The Kier molecular flexibility index (Phi) is 2.78. The third-order valence-electron chi connectivity index (χ3n) is 3.65. The van der Waals surface area contributed by atoms with Crippen LogP contribution in [-0.2, 0) is 16.0 Å². The summed E-state index contributed by atoms with van der Waals surface area (Å²) >= 11 is 0. The van der Waals surface area contributed by atoms with Crippen LogP contribution in [0.5, 0.6) is 0 Å². The van der Waals surface area contributed by atoms with Gasteiger partial charge in [0.15, 0.2) is 0 Å². The highest BCUT2D eigenvalue weighted by atomic mass is 16.5. The molecule has 18 heavy (non-hydrogen) atoms. The number of hydrogen-bond acceptors (Lipinski definition) is 2. The highest BCUT2D eigenvalue weighted by Crippen LogP contribution is 2.39. The minimum Gasteiger partial charge on any atom is -0.466 e. The number of carbonyl (C=O) groups is 1. The van der Waals surface area contributed by atoms with Gasteiger partial charge < -0.3 is 4.74 Å². The molecular formula is C16H16O2. The van der Waals surface area contributed by atoms with Gasteiger partial charge in [-0.25, -0.2) is 0 Å². The minimum atomic E-state index is -0.0905. The molecule has 3 rings (SSSR count). The second-order valence-electron chi connectivity index (χ2n) is 4.77. The molecule has 1 aliphatic carbocycles. The van der Waals surface area contributed by atoms with Crippen molar-refractivity contribution in [2.45, 2.75) is 25.7 Å². The molecular weight excluding hydrogens is 224 g/mol. The average Bonchev–Trinajstić information content (AvgIpc) is 2.71. The highest BCUT2D eigenvalue weighted by molar-refractivity contribution is 5.92. The van der Waals surface area contributed by atoms with Gasteiger partial charge in [-0.1, -0.05) is 36.4 Å². The van der Waals surface area contributed by atoms with E-state index in [1.54, 1.807) is 0 Å². The van der Waals surface area contributed by atoms with E-state index in [-0.39, 0.29) is 11.9 Å². The normalized spacial score (nSPS) is 17.1. The molecule has 0 radical (unpaired) electrons. The molecule has 1 aliphatic rings. The second-order valence-corrected chi connectivity index (χ2v) is 4.77. The Labute approximate surface area is 107 Å². The molecule has 2 nitrogen and oxygen atoms in total. The van der Waals surface area contributed by atoms with Gasteiger partial charge in [-0.05, 0) is 41.2 Å². The predicted octanol–water partition coefficient (Wildman–Crippen LogP) is 3.43. The number of ether oxygens (including phenoxy) is 1. The summed E-state index contributed by atoms with van der Waals surface area (Å²) in [4.78, 5) is 11.6. The smallest absolute Gasteiger partial charge is 0.306 e. The van der Waals surface area contributed by atoms with Crippen LogP contribution >= 0.6 is 0 Å². The van der Waals surface area contributed by atoms with E-state index in [2.05, 4.69) is 36.4 Å². The molecule has 1 unspecified atom stereocenters. The van der Waals surface area contributed by atoms with E-state index in [4.69, 9.17) is 4.74 Å². The van der Waals surface area contributed by atoms with Crippen LogP contribution < -0.4 is 0 Å². The molecule has 0 bridgehead atoms. The molecule has 1 atom stereocenters. The Hall–Kier alpha value is -1.83. The fourth-order valence-electron chi connectivity index (χ4n) is 2.94. The fourth-order valence-corrected chi connectivity index (χ4v) is 2.94. The summed E-state index contributed by atoms with van der Waals surface area (Å²) in [5, 5.41) is 2.62. The van der Waals surface area contributed by atoms with Gasteiger partial charge in [0, 0.05) is 0 Å². The van der Waals surface area contributed by atoms with Gasteiger partial charge in [-0.2, -0.15) is 0 Å². The Morgan fingerprint density at radius 3 is 2.83 bits per heavy atom. The van der Waals surface area contributed by atoms with Crippen LogP contribution in [0.3, 0.4) is 0 Å². The first-order valence-corrected chi connectivity index (χ1v) is 6.45. The van der Waals surface area contributed by atoms with Crippen LogP contribution in [0.4, 0.5) is 0 Å². The third-order valence-corrected chi connectivity index (χ3v) is 3.65. The molecule has 2 aromatic carbocycles. The first-order valence-electron chi connectivity index (χ1n) is 6.45. The monoisotopic (exact) mass is 240 g/mol. The van der Waals surface area contributed by atoms with Crippen LogP contribution in [0, 0.1) is 0 Å². The second kappa shape index (κ2) is 4.45. The summed E-state index contributed by atoms with van der Waals surface area (Å²) < 4.78 is 5.06. The number of benzene rings is 2. The topological polar surface area (TPSA) is 26.3 Å². The standard InChI is InChI=1S/C16H16O2/c1-2-18-15(17)10-13-9-12-7-3-5-11-6-4-8-14(13)16(11)12/h3-8,13H,2,9-10H2,1H3. The Bertz CT molecular complexity index is 596. The van der Waals surface area contributed by atoms with Gasteiger partial charge >= 0.3 is 5.97 Å². The minimum absolute atomic E-state index is 0.0905. The summed E-state index contributed by atoms with van der Waals surface area (Å²) in [5.41, 5.74) is 2.66. The van der Waals surface area contributed by atoms with E-state index in [9.17, 15) is 4.79 Å². The zero-order chi connectivity index (χ0) is 12.5. The van der Waals surface area contributed by atoms with Crippen molar-refractivity contribution in [1.29, 1.82) is 0 Å². The lowest BCUT2D eigenvalue weighted by molar-refractivity contribution is -0.143. The van der Waals surface area contributed by atoms with E-state index in [1.165, 1.54) is 21.9 Å². The Morgan fingerprint density at radius 2 is 2.06 bits per heavy atom. The lowest BCUT2D eigenvalue weighted by atomic mass is 9.97. The largest absolute Gasteiger partial charge is 0.466 e. The van der Waals surface area contributed by atoms with Crippen molar-refractivity contribution >= 4 is 16.7 Å². The quantitative estimate of drug-likeness (QED) is 0.768. The fraction of sp³-hybridized carbons (Fsp3) is 0.312. The number of rotatable bonds is 3. The van der Waals surface area contributed by atoms with Gasteiger partial charge in [0.05, 0.1) is 13.0 Å². The molecule has 0 amide bonds. The molecule has 0 heterocycles. The molecule has 0 fully saturated rings. The van der Waals surface area contributed by atoms with Crippen molar-refractivity contribution in [3.05, 3.63) is 47.5 Å². The van der Waals surface area contributed by atoms with E-state index in [1.807, 2.05) is 6.92 Å². The highest BCUT2D eigenvalue weighted by Gasteiger charge is 2.26. The van der Waals surface area contributed by atoms with E-state index in [0.29, 0.717) is 13.0 Å². The number of esters is 1. The van der Waals surface area contributed by atoms with Crippen LogP contribution in [0.2, 0.25) is 0 Å². The summed E-state index contributed by atoms with van der Waals surface area (Å²) in [7, 11) is 0. The van der Waals surface area contributed by atoms with Crippen molar-refractivity contribution in [1.82, 2.24) is 0 Å². The van der Waals surface area contributed by atoms with Gasteiger partial charge in [-0.3, -0.25) is 4.79 Å². The Balaban J connectivity index is 1.96. The van der Waals surface area contributed by atoms with Crippen molar-refractivity contribution < 1.29 is 9.53 Å². The summed E-state index contributed by atoms with van der Waals surface area (Å²) in [5.74, 6) is 0.192. The van der Waals surface area contributed by atoms with Crippen LogP contribution in [0.1, 0.15) is 30.4 Å². The summed E-state index contributed by atoms with van der Waals surface area (Å²) in [6, 6.07) is 12.7. The lowest BCUT2D eigenvalue weighted by Gasteiger charge is -2.10. The summed E-state index contributed by atoms with van der Waals surface area (Å²) in [6.45, 7) is 2.31. The molecule has 92 valence electrons. The van der Waals surface area contributed by atoms with Crippen molar-refractivity contribution in [2.24, 2.45) is 0 Å². The SMILES string of the molecule is CCOC(=O)CC1Cc2cccc3cccc1c23. The maximum Gasteiger partial charge on any atom is 0.306 e. The molecule has 0 aromatic heterocycles. The summed E-state index contributed by atoms with van der Waals surface area (Å²) in [6.07, 6.45) is 1.44. The van der Waals surface area contributed by atoms with E-state index in [0.717, 1.165) is 6.42 Å². The van der Waals surface area contributed by atoms with E-state index < -0.39 is 0 Å². The number of carbonyl (C=O) groups excluding carboxylic acids is 1. The molecule has 0 N–H and O–H groups in total. The van der Waals surface area contributed by atoms with Gasteiger partial charge in [0.1, 0.15) is 0 Å². The van der Waals surface area contributed by atoms with Crippen LogP contribution in [0.15, 0.2) is 36.4 Å². The average molecular weight is 240 g/mol.